The lowest BCUT2D eigenvalue weighted by atomic mass is 10.1. The zero-order valence-corrected chi connectivity index (χ0v) is 27.4. The van der Waals surface area contributed by atoms with Crippen LogP contribution in [0.5, 0.6) is 0 Å². The number of aliphatic hydroxyl groups is 1. The molecule has 6 nitrogen and oxygen atoms in total. The van der Waals surface area contributed by atoms with Gasteiger partial charge in [0, 0.05) is 0 Å². The summed E-state index contributed by atoms with van der Waals surface area (Å²) in [7, 11) is 0. The van der Waals surface area contributed by atoms with E-state index in [1.165, 1.54) is 69.5 Å². The van der Waals surface area contributed by atoms with Crippen LogP contribution >= 0.6 is 35.7 Å². The molecule has 0 aliphatic carbocycles. The van der Waals surface area contributed by atoms with Crippen LogP contribution in [0.25, 0.3) is 0 Å². The summed E-state index contributed by atoms with van der Waals surface area (Å²) in [5.41, 5.74) is 1.06. The lowest BCUT2D eigenvalue weighted by Crippen LogP contribution is -2.32. The van der Waals surface area contributed by atoms with Crippen molar-refractivity contribution in [1.29, 1.82) is 0 Å². The van der Waals surface area contributed by atoms with Crippen molar-refractivity contribution in [2.45, 2.75) is 102 Å². The van der Waals surface area contributed by atoms with E-state index in [0.717, 1.165) is 21.3 Å². The van der Waals surface area contributed by atoms with Crippen LogP contribution in [0.15, 0.2) is 30.3 Å². The predicted octanol–water partition coefficient (Wildman–Crippen LogP) is 7.59. The minimum Gasteiger partial charge on any atom is -0.462 e. The molecule has 9 heteroatoms. The number of carbonyl (C=O) groups is 1. The monoisotopic (exact) mass is 616 g/mol. The van der Waals surface area contributed by atoms with Crippen molar-refractivity contribution < 1.29 is 28.8 Å². The molecule has 0 aliphatic rings. The summed E-state index contributed by atoms with van der Waals surface area (Å²) in [4.78, 5) is 12.5. The molecular formula is C31H52O6S3. The van der Waals surface area contributed by atoms with Crippen LogP contribution in [-0.4, -0.2) is 70.8 Å². The molecular weight excluding hydrogens is 565 g/mol. The van der Waals surface area contributed by atoms with E-state index in [1.807, 2.05) is 44.2 Å². The quantitative estimate of drug-likeness (QED) is 0.0679. The minimum absolute atomic E-state index is 0.176. The van der Waals surface area contributed by atoms with Crippen LogP contribution in [0.3, 0.4) is 0 Å². The van der Waals surface area contributed by atoms with Gasteiger partial charge < -0.3 is 24.1 Å². The molecule has 0 heterocycles. The number of carbonyl (C=O) groups excluding carboxylic acids is 1. The molecule has 1 N–H and O–H groups in total. The first kappa shape index (κ1) is 37.3. The van der Waals surface area contributed by atoms with Gasteiger partial charge in [0.05, 0.1) is 39.6 Å². The highest BCUT2D eigenvalue weighted by Crippen LogP contribution is 2.32. The van der Waals surface area contributed by atoms with Gasteiger partial charge >= 0.3 is 5.97 Å². The van der Waals surface area contributed by atoms with E-state index in [2.05, 4.69) is 6.92 Å². The van der Waals surface area contributed by atoms with E-state index < -0.39 is 10.9 Å². The molecule has 1 aromatic rings. The lowest BCUT2D eigenvalue weighted by molar-refractivity contribution is -0.147. The Morgan fingerprint density at radius 3 is 2.10 bits per heavy atom. The Hall–Kier alpha value is -0.680. The smallest absolute Gasteiger partial charge is 0.322 e. The maximum atomic E-state index is 12.5. The van der Waals surface area contributed by atoms with Crippen molar-refractivity contribution in [3.63, 3.8) is 0 Å². The van der Waals surface area contributed by atoms with Gasteiger partial charge in [-0.1, -0.05) is 119 Å². The summed E-state index contributed by atoms with van der Waals surface area (Å²) in [6, 6.07) is 9.81. The highest BCUT2D eigenvalue weighted by Gasteiger charge is 2.31. The SMILES string of the molecule is CCCCCCCCCCCCSC(=S)SC(C)(C)C(=O)OCCOCCOCC(O)COCc1ccccc1. The second-order valence-electron chi connectivity index (χ2n) is 10.4. The summed E-state index contributed by atoms with van der Waals surface area (Å²) in [6.07, 6.45) is 12.5. The van der Waals surface area contributed by atoms with Crippen LogP contribution in [0.2, 0.25) is 0 Å². The largest absolute Gasteiger partial charge is 0.462 e. The molecule has 1 aromatic carbocycles. The second kappa shape index (κ2) is 24.9. The number of benzene rings is 1. The van der Waals surface area contributed by atoms with Crippen LogP contribution in [-0.2, 0) is 30.3 Å². The molecule has 0 radical (unpaired) electrons. The van der Waals surface area contributed by atoms with Crippen molar-refractivity contribution in [3.05, 3.63) is 35.9 Å². The third-order valence-electron chi connectivity index (χ3n) is 6.11. The molecule has 0 bridgehead atoms. The lowest BCUT2D eigenvalue weighted by Gasteiger charge is -2.22. The molecule has 40 heavy (non-hydrogen) atoms. The fraction of sp³-hybridized carbons (Fsp3) is 0.742. The van der Waals surface area contributed by atoms with Crippen molar-refractivity contribution in [3.8, 4) is 0 Å². The Labute approximate surface area is 257 Å². The number of esters is 1. The number of rotatable bonds is 25. The number of unbranched alkanes of at least 4 members (excludes halogenated alkanes) is 9. The Morgan fingerprint density at radius 1 is 0.850 bits per heavy atom. The van der Waals surface area contributed by atoms with E-state index in [4.69, 9.17) is 31.2 Å². The van der Waals surface area contributed by atoms with Gasteiger partial charge in [0.1, 0.15) is 21.0 Å². The summed E-state index contributed by atoms with van der Waals surface area (Å²) in [5, 5.41) is 9.93. The maximum Gasteiger partial charge on any atom is 0.322 e. The van der Waals surface area contributed by atoms with Gasteiger partial charge in [-0.2, -0.15) is 0 Å². The highest BCUT2D eigenvalue weighted by atomic mass is 32.2. The van der Waals surface area contributed by atoms with Crippen LogP contribution in [0.4, 0.5) is 0 Å². The van der Waals surface area contributed by atoms with Crippen molar-refractivity contribution in [2.24, 2.45) is 0 Å². The van der Waals surface area contributed by atoms with Gasteiger partial charge in [0.15, 0.2) is 0 Å². The molecule has 1 unspecified atom stereocenters. The van der Waals surface area contributed by atoms with Crippen LogP contribution in [0.1, 0.15) is 90.5 Å². The first-order valence-electron chi connectivity index (χ1n) is 14.8. The molecule has 0 aliphatic heterocycles. The summed E-state index contributed by atoms with van der Waals surface area (Å²) in [6.45, 7) is 7.95. The number of hydrogen-bond donors (Lipinski definition) is 1. The number of thiocarbonyl (C=S) groups is 1. The number of aliphatic hydroxyl groups excluding tert-OH is 1. The topological polar surface area (TPSA) is 74.2 Å². The van der Waals surface area contributed by atoms with Gasteiger partial charge in [-0.3, -0.25) is 4.79 Å². The van der Waals surface area contributed by atoms with Crippen LogP contribution < -0.4 is 0 Å². The summed E-state index contributed by atoms with van der Waals surface area (Å²) in [5.74, 6) is 0.707. The molecule has 230 valence electrons. The fourth-order valence-corrected chi connectivity index (χ4v) is 6.83. The van der Waals surface area contributed by atoms with Crippen LogP contribution in [0, 0.1) is 0 Å². The third-order valence-corrected chi connectivity index (χ3v) is 8.89. The van der Waals surface area contributed by atoms with E-state index in [0.29, 0.717) is 19.8 Å². The average molecular weight is 617 g/mol. The van der Waals surface area contributed by atoms with Gasteiger partial charge in [0.25, 0.3) is 0 Å². The number of ether oxygens (including phenoxy) is 4. The molecule has 0 saturated carbocycles. The number of thioether (sulfide) groups is 2. The molecule has 0 amide bonds. The first-order valence-corrected chi connectivity index (χ1v) is 17.0. The van der Waals surface area contributed by atoms with Gasteiger partial charge in [-0.05, 0) is 31.6 Å². The Bertz CT molecular complexity index is 763. The normalized spacial score (nSPS) is 12.4. The zero-order chi connectivity index (χ0) is 29.3. The zero-order valence-electron chi connectivity index (χ0n) is 24.9. The van der Waals surface area contributed by atoms with Gasteiger partial charge in [-0.15, -0.1) is 11.8 Å². The van der Waals surface area contributed by atoms with E-state index in [-0.39, 0.29) is 32.4 Å². The number of hydrogen-bond acceptors (Lipinski definition) is 9. The summed E-state index contributed by atoms with van der Waals surface area (Å²) >= 11 is 8.57. The van der Waals surface area contributed by atoms with E-state index in [1.54, 1.807) is 11.8 Å². The molecule has 0 saturated heterocycles. The Morgan fingerprint density at radius 2 is 1.43 bits per heavy atom. The highest BCUT2D eigenvalue weighted by molar-refractivity contribution is 8.47. The second-order valence-corrected chi connectivity index (χ2v) is 14.3. The van der Waals surface area contributed by atoms with Crippen molar-refractivity contribution >= 4 is 45.2 Å². The van der Waals surface area contributed by atoms with Crippen molar-refractivity contribution in [1.82, 2.24) is 0 Å². The maximum absolute atomic E-state index is 12.5. The molecule has 0 spiro atoms. The minimum atomic E-state index is -0.732. The van der Waals surface area contributed by atoms with Gasteiger partial charge in [-0.25, -0.2) is 0 Å². The molecule has 0 fully saturated rings. The van der Waals surface area contributed by atoms with E-state index >= 15 is 0 Å². The third kappa shape index (κ3) is 21.1. The predicted molar refractivity (Wildman–Crippen MR) is 173 cm³/mol. The van der Waals surface area contributed by atoms with Crippen molar-refractivity contribution in [2.75, 3.05) is 45.4 Å². The summed E-state index contributed by atoms with van der Waals surface area (Å²) < 4.78 is 21.8. The Kier molecular flexibility index (Phi) is 23.2. The fourth-order valence-electron chi connectivity index (χ4n) is 3.77. The molecule has 1 atom stereocenters. The molecule has 1 rings (SSSR count). The average Bonchev–Trinajstić information content (AvgIpc) is 2.93. The Balaban J connectivity index is 1.96. The first-order chi connectivity index (χ1) is 19.3. The standard InChI is InChI=1S/C31H52O6S3/c1-4-5-6-7-8-9-10-11-12-16-23-39-30(38)40-31(2,3)29(33)37-22-21-34-19-20-35-25-28(32)26-36-24-27-17-14-13-15-18-27/h13-15,17-18,28,32H,4-12,16,19-26H2,1-3H3. The van der Waals surface area contributed by atoms with Gasteiger partial charge in [0.2, 0.25) is 0 Å². The van der Waals surface area contributed by atoms with E-state index in [9.17, 15) is 9.90 Å². The molecule has 0 aromatic heterocycles.